The van der Waals surface area contributed by atoms with Gasteiger partial charge < -0.3 is 18.9 Å². The molecular formula is C16H20N4O3. The molecule has 23 heavy (non-hydrogen) atoms. The number of hydrogen-bond acceptors (Lipinski definition) is 7. The van der Waals surface area contributed by atoms with Gasteiger partial charge in [0.2, 0.25) is 0 Å². The lowest BCUT2D eigenvalue weighted by atomic mass is 10.0. The molecule has 0 radical (unpaired) electrons. The van der Waals surface area contributed by atoms with Crippen molar-refractivity contribution in [3.63, 3.8) is 0 Å². The van der Waals surface area contributed by atoms with Gasteiger partial charge in [-0.25, -0.2) is 4.98 Å². The molecule has 1 spiro atoms. The molecule has 0 N–H and O–H groups in total. The summed E-state index contributed by atoms with van der Waals surface area (Å²) in [6.45, 7) is 6.25. The van der Waals surface area contributed by atoms with E-state index in [4.69, 9.17) is 14.0 Å². The van der Waals surface area contributed by atoms with Crippen molar-refractivity contribution in [3.8, 4) is 11.5 Å². The fraction of sp³-hybridized carbons (Fsp3) is 0.562. The van der Waals surface area contributed by atoms with Gasteiger partial charge in [0, 0.05) is 37.7 Å². The highest BCUT2D eigenvalue weighted by molar-refractivity contribution is 5.58. The van der Waals surface area contributed by atoms with Crippen molar-refractivity contribution in [3.05, 3.63) is 24.2 Å². The molecule has 2 saturated heterocycles. The van der Waals surface area contributed by atoms with E-state index in [1.54, 1.807) is 6.20 Å². The Morgan fingerprint density at radius 3 is 2.78 bits per heavy atom. The normalized spacial score (nSPS) is 23.6. The summed E-state index contributed by atoms with van der Waals surface area (Å²) < 4.78 is 17.1. The molecule has 0 unspecified atom stereocenters. The SMILES string of the molecule is Cc1noc(-c2ccnc(N3CCC4(CC3)OC[C@H](C)O4)c2)n1. The Labute approximate surface area is 134 Å². The Morgan fingerprint density at radius 1 is 1.30 bits per heavy atom. The summed E-state index contributed by atoms with van der Waals surface area (Å²) in [4.78, 5) is 11.0. The van der Waals surface area contributed by atoms with Crippen molar-refractivity contribution in [2.75, 3.05) is 24.6 Å². The van der Waals surface area contributed by atoms with Crippen LogP contribution in [0.5, 0.6) is 0 Å². The third-order valence-corrected chi connectivity index (χ3v) is 4.37. The maximum Gasteiger partial charge on any atom is 0.258 e. The summed E-state index contributed by atoms with van der Waals surface area (Å²) >= 11 is 0. The summed E-state index contributed by atoms with van der Waals surface area (Å²) in [5.41, 5.74) is 0.887. The first-order valence-corrected chi connectivity index (χ1v) is 7.97. The monoisotopic (exact) mass is 316 g/mol. The van der Waals surface area contributed by atoms with Crippen molar-refractivity contribution >= 4 is 5.82 Å². The van der Waals surface area contributed by atoms with Crippen LogP contribution in [-0.2, 0) is 9.47 Å². The summed E-state index contributed by atoms with van der Waals surface area (Å²) in [5, 5.41) is 3.84. The van der Waals surface area contributed by atoms with Gasteiger partial charge in [0.25, 0.3) is 5.89 Å². The summed E-state index contributed by atoms with van der Waals surface area (Å²) in [7, 11) is 0. The number of pyridine rings is 1. The van der Waals surface area contributed by atoms with Crippen LogP contribution < -0.4 is 4.90 Å². The lowest BCUT2D eigenvalue weighted by molar-refractivity contribution is -0.178. The number of aromatic nitrogens is 3. The van der Waals surface area contributed by atoms with Gasteiger partial charge in [-0.15, -0.1) is 0 Å². The fourth-order valence-electron chi connectivity index (χ4n) is 3.18. The average molecular weight is 316 g/mol. The first-order chi connectivity index (χ1) is 11.1. The fourth-order valence-corrected chi connectivity index (χ4v) is 3.18. The minimum absolute atomic E-state index is 0.184. The van der Waals surface area contributed by atoms with Crippen molar-refractivity contribution in [2.24, 2.45) is 0 Å². The molecule has 4 heterocycles. The Hall–Kier alpha value is -1.99. The number of nitrogens with zero attached hydrogens (tertiary/aromatic N) is 4. The molecule has 122 valence electrons. The van der Waals surface area contributed by atoms with Crippen molar-refractivity contribution in [2.45, 2.75) is 38.6 Å². The number of hydrogen-bond donors (Lipinski definition) is 0. The van der Waals surface area contributed by atoms with Crippen LogP contribution in [0.2, 0.25) is 0 Å². The number of aryl methyl sites for hydroxylation is 1. The molecular weight excluding hydrogens is 296 g/mol. The molecule has 0 aliphatic carbocycles. The van der Waals surface area contributed by atoms with E-state index >= 15 is 0 Å². The molecule has 0 bridgehead atoms. The van der Waals surface area contributed by atoms with Gasteiger partial charge in [-0.05, 0) is 26.0 Å². The third kappa shape index (κ3) is 2.82. The molecule has 0 amide bonds. The molecule has 4 rings (SSSR count). The number of ether oxygens (including phenoxy) is 2. The topological polar surface area (TPSA) is 73.5 Å². The van der Waals surface area contributed by atoms with Crippen LogP contribution >= 0.6 is 0 Å². The van der Waals surface area contributed by atoms with Gasteiger partial charge in [0.05, 0.1) is 12.7 Å². The van der Waals surface area contributed by atoms with Crippen LogP contribution in [0.1, 0.15) is 25.6 Å². The maximum atomic E-state index is 5.97. The van der Waals surface area contributed by atoms with Gasteiger partial charge in [-0.1, -0.05) is 5.16 Å². The van der Waals surface area contributed by atoms with Crippen molar-refractivity contribution in [1.82, 2.24) is 15.1 Å². The maximum absolute atomic E-state index is 5.97. The molecule has 2 aliphatic heterocycles. The second-order valence-corrected chi connectivity index (χ2v) is 6.19. The minimum Gasteiger partial charge on any atom is -0.356 e. The van der Waals surface area contributed by atoms with E-state index in [0.717, 1.165) is 37.3 Å². The largest absolute Gasteiger partial charge is 0.356 e. The first kappa shape index (κ1) is 14.6. The van der Waals surface area contributed by atoms with E-state index in [1.807, 2.05) is 19.1 Å². The molecule has 2 aromatic rings. The third-order valence-electron chi connectivity index (χ3n) is 4.37. The molecule has 1 atom stereocenters. The zero-order valence-electron chi connectivity index (χ0n) is 13.4. The molecule has 2 aliphatic rings. The molecule has 0 saturated carbocycles. The predicted octanol–water partition coefficient (Wildman–Crippen LogP) is 2.17. The van der Waals surface area contributed by atoms with E-state index in [1.165, 1.54) is 0 Å². The Morgan fingerprint density at radius 2 is 2.13 bits per heavy atom. The number of piperidine rings is 1. The van der Waals surface area contributed by atoms with Gasteiger partial charge in [0.1, 0.15) is 5.82 Å². The van der Waals surface area contributed by atoms with E-state index in [0.29, 0.717) is 18.3 Å². The van der Waals surface area contributed by atoms with Crippen LogP contribution in [0.15, 0.2) is 22.9 Å². The van der Waals surface area contributed by atoms with Crippen LogP contribution in [0.3, 0.4) is 0 Å². The van der Waals surface area contributed by atoms with Gasteiger partial charge in [0.15, 0.2) is 11.6 Å². The van der Waals surface area contributed by atoms with Crippen molar-refractivity contribution < 1.29 is 14.0 Å². The highest BCUT2D eigenvalue weighted by Gasteiger charge is 2.42. The summed E-state index contributed by atoms with van der Waals surface area (Å²) in [5.74, 6) is 1.68. The molecule has 0 aromatic carbocycles. The van der Waals surface area contributed by atoms with Gasteiger partial charge >= 0.3 is 0 Å². The smallest absolute Gasteiger partial charge is 0.258 e. The molecule has 7 heteroatoms. The zero-order valence-corrected chi connectivity index (χ0v) is 13.4. The second kappa shape index (κ2) is 5.58. The second-order valence-electron chi connectivity index (χ2n) is 6.19. The van der Waals surface area contributed by atoms with E-state index < -0.39 is 5.79 Å². The van der Waals surface area contributed by atoms with Crippen LogP contribution in [0, 0.1) is 6.92 Å². The number of anilines is 1. The van der Waals surface area contributed by atoms with Crippen LogP contribution in [-0.4, -0.2) is 46.7 Å². The summed E-state index contributed by atoms with van der Waals surface area (Å²) in [6.07, 6.45) is 3.66. The zero-order chi connectivity index (χ0) is 15.9. The minimum atomic E-state index is -0.392. The van der Waals surface area contributed by atoms with Gasteiger partial charge in [-0.2, -0.15) is 4.98 Å². The quantitative estimate of drug-likeness (QED) is 0.840. The Kier molecular flexibility index (Phi) is 3.54. The van der Waals surface area contributed by atoms with Gasteiger partial charge in [-0.3, -0.25) is 0 Å². The predicted molar refractivity (Wildman–Crippen MR) is 82.9 cm³/mol. The summed E-state index contributed by atoms with van der Waals surface area (Å²) in [6, 6.07) is 3.87. The molecule has 2 aromatic heterocycles. The average Bonchev–Trinajstić information content (AvgIpc) is 3.15. The van der Waals surface area contributed by atoms with E-state index in [2.05, 4.69) is 26.9 Å². The highest BCUT2D eigenvalue weighted by Crippen LogP contribution is 2.35. The van der Waals surface area contributed by atoms with E-state index in [-0.39, 0.29) is 6.10 Å². The van der Waals surface area contributed by atoms with Crippen LogP contribution in [0.25, 0.3) is 11.5 Å². The molecule has 2 fully saturated rings. The Bertz CT molecular complexity index is 694. The molecule has 7 nitrogen and oxygen atoms in total. The Balaban J connectivity index is 1.49. The highest BCUT2D eigenvalue weighted by atomic mass is 16.7. The first-order valence-electron chi connectivity index (χ1n) is 7.97. The number of rotatable bonds is 2. The lowest BCUT2D eigenvalue weighted by Gasteiger charge is -2.38. The van der Waals surface area contributed by atoms with Crippen LogP contribution in [0.4, 0.5) is 5.82 Å². The lowest BCUT2D eigenvalue weighted by Crippen LogP contribution is -2.45. The van der Waals surface area contributed by atoms with E-state index in [9.17, 15) is 0 Å². The van der Waals surface area contributed by atoms with Crippen molar-refractivity contribution in [1.29, 1.82) is 0 Å². The standard InChI is InChI=1S/C16H20N4O3/c1-11-10-21-16(22-11)4-7-20(8-5-16)14-9-13(3-6-17-14)15-18-12(2)19-23-15/h3,6,9,11H,4-5,7-8,10H2,1-2H3/t11-/m0/s1.